The van der Waals surface area contributed by atoms with E-state index in [9.17, 15) is 18.0 Å². The summed E-state index contributed by atoms with van der Waals surface area (Å²) >= 11 is 0. The van der Waals surface area contributed by atoms with E-state index in [1.807, 2.05) is 34.6 Å². The molecule has 0 bridgehead atoms. The van der Waals surface area contributed by atoms with Crippen LogP contribution in [0.4, 0.5) is 18.9 Å². The maximum Gasteiger partial charge on any atom is 0.416 e. The van der Waals surface area contributed by atoms with Gasteiger partial charge in [-0.1, -0.05) is 32.9 Å². The van der Waals surface area contributed by atoms with Crippen LogP contribution < -0.4 is 10.1 Å². The minimum absolute atomic E-state index is 0.0263. The molecule has 1 N–H and O–H groups in total. The average Bonchev–Trinajstić information content (AvgIpc) is 2.54. The molecule has 28 heavy (non-hydrogen) atoms. The quantitative estimate of drug-likeness (QED) is 0.650. The lowest BCUT2D eigenvalue weighted by atomic mass is 9.92. The zero-order valence-corrected chi connectivity index (χ0v) is 16.8. The highest BCUT2D eigenvalue weighted by Gasteiger charge is 2.30. The van der Waals surface area contributed by atoms with Crippen molar-refractivity contribution in [3.63, 3.8) is 0 Å². The fourth-order valence-corrected chi connectivity index (χ4v) is 2.87. The van der Waals surface area contributed by atoms with E-state index in [1.165, 1.54) is 6.07 Å². The average molecular weight is 393 g/mol. The standard InChI is InChI=1S/C22H26F3NO2/c1-14-9-18(10-15(2)20(14)26-19(27)12-21(3,4)5)28-13-16-7-6-8-17(11-16)22(23,24)25/h6-11H,12-13H2,1-5H3,(H,26,27). The zero-order chi connectivity index (χ0) is 21.1. The van der Waals surface area contributed by atoms with Crippen LogP contribution in [0.15, 0.2) is 36.4 Å². The summed E-state index contributed by atoms with van der Waals surface area (Å²) in [6, 6.07) is 8.62. The van der Waals surface area contributed by atoms with Crippen LogP contribution in [-0.4, -0.2) is 5.91 Å². The van der Waals surface area contributed by atoms with E-state index in [2.05, 4.69) is 5.32 Å². The predicted octanol–water partition coefficient (Wildman–Crippen LogP) is 6.28. The SMILES string of the molecule is Cc1cc(OCc2cccc(C(F)(F)F)c2)cc(C)c1NC(=O)CC(C)(C)C. The number of carbonyl (C=O) groups is 1. The van der Waals surface area contributed by atoms with Crippen molar-refractivity contribution in [3.05, 3.63) is 58.7 Å². The van der Waals surface area contributed by atoms with Gasteiger partial charge in [-0.25, -0.2) is 0 Å². The molecule has 1 amide bonds. The molecule has 2 aromatic carbocycles. The van der Waals surface area contributed by atoms with E-state index < -0.39 is 11.7 Å². The van der Waals surface area contributed by atoms with E-state index in [0.29, 0.717) is 17.7 Å². The summed E-state index contributed by atoms with van der Waals surface area (Å²) in [5.41, 5.74) is 2.04. The highest BCUT2D eigenvalue weighted by molar-refractivity contribution is 5.92. The number of hydrogen-bond acceptors (Lipinski definition) is 2. The van der Waals surface area contributed by atoms with Crippen molar-refractivity contribution in [1.29, 1.82) is 0 Å². The Balaban J connectivity index is 2.09. The maximum atomic E-state index is 12.8. The number of aryl methyl sites for hydroxylation is 2. The highest BCUT2D eigenvalue weighted by atomic mass is 19.4. The summed E-state index contributed by atoms with van der Waals surface area (Å²) in [4.78, 5) is 12.2. The molecule has 0 heterocycles. The van der Waals surface area contributed by atoms with E-state index in [1.54, 1.807) is 18.2 Å². The third kappa shape index (κ3) is 6.29. The number of benzene rings is 2. The molecule has 0 aromatic heterocycles. The van der Waals surface area contributed by atoms with Gasteiger partial charge in [-0.15, -0.1) is 0 Å². The first-order valence-corrected chi connectivity index (χ1v) is 9.05. The van der Waals surface area contributed by atoms with Crippen molar-refractivity contribution < 1.29 is 22.7 Å². The molecule has 0 spiro atoms. The van der Waals surface area contributed by atoms with Crippen LogP contribution >= 0.6 is 0 Å². The second-order valence-electron chi connectivity index (χ2n) is 8.20. The molecule has 6 heteroatoms. The molecule has 2 rings (SSSR count). The normalized spacial score (nSPS) is 12.0. The van der Waals surface area contributed by atoms with Crippen LogP contribution in [0.5, 0.6) is 5.75 Å². The molecule has 2 aromatic rings. The van der Waals surface area contributed by atoms with Gasteiger partial charge in [0.05, 0.1) is 5.56 Å². The van der Waals surface area contributed by atoms with E-state index in [4.69, 9.17) is 4.74 Å². The molecule has 0 radical (unpaired) electrons. The van der Waals surface area contributed by atoms with Gasteiger partial charge in [0, 0.05) is 12.1 Å². The first-order chi connectivity index (χ1) is 12.8. The summed E-state index contributed by atoms with van der Waals surface area (Å²) < 4.78 is 44.1. The van der Waals surface area contributed by atoms with Gasteiger partial charge < -0.3 is 10.1 Å². The molecule has 0 aliphatic rings. The Morgan fingerprint density at radius 3 is 2.18 bits per heavy atom. The Morgan fingerprint density at radius 2 is 1.64 bits per heavy atom. The van der Waals surface area contributed by atoms with Crippen LogP contribution in [-0.2, 0) is 17.6 Å². The Hall–Kier alpha value is -2.50. The van der Waals surface area contributed by atoms with Gasteiger partial charge in [0.15, 0.2) is 0 Å². The van der Waals surface area contributed by atoms with Crippen molar-refractivity contribution in [2.75, 3.05) is 5.32 Å². The molecule has 0 aliphatic carbocycles. The van der Waals surface area contributed by atoms with Crippen molar-refractivity contribution >= 4 is 11.6 Å². The summed E-state index contributed by atoms with van der Waals surface area (Å²) in [6.07, 6.45) is -3.98. The first kappa shape index (κ1) is 21.8. The Kier molecular flexibility index (Phi) is 6.42. The largest absolute Gasteiger partial charge is 0.489 e. The van der Waals surface area contributed by atoms with E-state index in [0.717, 1.165) is 28.9 Å². The van der Waals surface area contributed by atoms with Crippen molar-refractivity contribution in [1.82, 2.24) is 0 Å². The third-order valence-electron chi connectivity index (χ3n) is 4.12. The second kappa shape index (κ2) is 8.25. The van der Waals surface area contributed by atoms with Gasteiger partial charge in [-0.2, -0.15) is 13.2 Å². The number of ether oxygens (including phenoxy) is 1. The van der Waals surface area contributed by atoms with E-state index >= 15 is 0 Å². The second-order valence-corrected chi connectivity index (χ2v) is 8.20. The lowest BCUT2D eigenvalue weighted by molar-refractivity contribution is -0.137. The molecule has 0 atom stereocenters. The van der Waals surface area contributed by atoms with Crippen LogP contribution in [0.1, 0.15) is 49.4 Å². The first-order valence-electron chi connectivity index (χ1n) is 9.05. The number of rotatable bonds is 5. The topological polar surface area (TPSA) is 38.3 Å². The van der Waals surface area contributed by atoms with Gasteiger partial charge in [0.2, 0.25) is 5.91 Å². The Morgan fingerprint density at radius 1 is 1.04 bits per heavy atom. The molecule has 0 saturated carbocycles. The Labute approximate surface area is 163 Å². The number of amides is 1. The fraction of sp³-hybridized carbons (Fsp3) is 0.409. The van der Waals surface area contributed by atoms with Gasteiger partial charge in [0.25, 0.3) is 0 Å². The monoisotopic (exact) mass is 393 g/mol. The lowest BCUT2D eigenvalue weighted by Crippen LogP contribution is -2.20. The van der Waals surface area contributed by atoms with Crippen LogP contribution in [0.2, 0.25) is 0 Å². The van der Waals surface area contributed by atoms with Gasteiger partial charge in [-0.05, 0) is 60.2 Å². The van der Waals surface area contributed by atoms with Crippen molar-refractivity contribution in [2.45, 2.75) is 53.8 Å². The number of alkyl halides is 3. The molecule has 0 aliphatic heterocycles. The maximum absolute atomic E-state index is 12.8. The number of carbonyl (C=O) groups excluding carboxylic acids is 1. The fourth-order valence-electron chi connectivity index (χ4n) is 2.87. The molecule has 3 nitrogen and oxygen atoms in total. The zero-order valence-electron chi connectivity index (χ0n) is 16.8. The summed E-state index contributed by atoms with van der Waals surface area (Å²) in [5, 5.41) is 2.94. The van der Waals surface area contributed by atoms with Crippen LogP contribution in [0.25, 0.3) is 0 Å². The van der Waals surface area contributed by atoms with Crippen molar-refractivity contribution in [3.8, 4) is 5.75 Å². The van der Waals surface area contributed by atoms with Gasteiger partial charge in [0.1, 0.15) is 12.4 Å². The van der Waals surface area contributed by atoms with Gasteiger partial charge in [-0.3, -0.25) is 4.79 Å². The molecule has 0 unspecified atom stereocenters. The highest BCUT2D eigenvalue weighted by Crippen LogP contribution is 2.31. The molecule has 152 valence electrons. The number of halogens is 3. The number of nitrogens with one attached hydrogen (secondary N) is 1. The summed E-state index contributed by atoms with van der Waals surface area (Å²) in [6.45, 7) is 9.73. The van der Waals surface area contributed by atoms with Gasteiger partial charge >= 0.3 is 6.18 Å². The number of hydrogen-bond donors (Lipinski definition) is 1. The molecule has 0 saturated heterocycles. The summed E-state index contributed by atoms with van der Waals surface area (Å²) in [7, 11) is 0. The van der Waals surface area contributed by atoms with E-state index in [-0.39, 0.29) is 17.9 Å². The van der Waals surface area contributed by atoms with Crippen LogP contribution in [0.3, 0.4) is 0 Å². The number of anilines is 1. The minimum atomic E-state index is -4.38. The smallest absolute Gasteiger partial charge is 0.416 e. The third-order valence-corrected chi connectivity index (χ3v) is 4.12. The van der Waals surface area contributed by atoms with Crippen molar-refractivity contribution in [2.24, 2.45) is 5.41 Å². The van der Waals surface area contributed by atoms with Crippen LogP contribution in [0, 0.1) is 19.3 Å². The molecule has 0 fully saturated rings. The minimum Gasteiger partial charge on any atom is -0.489 e. The molecular weight excluding hydrogens is 367 g/mol. The molecular formula is C22H26F3NO2. The Bertz CT molecular complexity index is 829. The lowest BCUT2D eigenvalue weighted by Gasteiger charge is -2.19. The predicted molar refractivity (Wildman–Crippen MR) is 104 cm³/mol. The summed E-state index contributed by atoms with van der Waals surface area (Å²) in [5.74, 6) is 0.484.